The van der Waals surface area contributed by atoms with Crippen molar-refractivity contribution in [3.63, 3.8) is 0 Å². The molecule has 0 amide bonds. The molecule has 27 heavy (non-hydrogen) atoms. The molecule has 0 atom stereocenters. The number of nitrogen functional groups attached to an aromatic ring is 1. The number of imidazole rings is 1. The van der Waals surface area contributed by atoms with Gasteiger partial charge in [0.05, 0.1) is 12.2 Å². The van der Waals surface area contributed by atoms with Gasteiger partial charge >= 0.3 is 20.4 Å². The maximum absolute atomic E-state index is 7.41. The molecule has 2 heterocycles. The van der Waals surface area contributed by atoms with E-state index in [-0.39, 0.29) is 73.0 Å². The molecule has 0 spiro atoms. The van der Waals surface area contributed by atoms with Gasteiger partial charge in [0.15, 0.2) is 11.5 Å². The van der Waals surface area contributed by atoms with Crippen LogP contribution in [0.4, 0.5) is 11.8 Å². The molecule has 0 fully saturated rings. The van der Waals surface area contributed by atoms with Gasteiger partial charge in [0.2, 0.25) is 5.95 Å². The Morgan fingerprint density at radius 3 is 2.26 bits per heavy atom. The van der Waals surface area contributed by atoms with E-state index in [1.165, 1.54) is 0 Å². The van der Waals surface area contributed by atoms with Crippen LogP contribution in [0.1, 0.15) is 6.92 Å². The van der Waals surface area contributed by atoms with Gasteiger partial charge < -0.3 is 73.4 Å². The smallest absolute Gasteiger partial charge is 1.00 e. The first kappa shape index (κ1) is 40.5. The van der Waals surface area contributed by atoms with Crippen molar-refractivity contribution in [1.82, 2.24) is 24.8 Å². The van der Waals surface area contributed by atoms with Crippen molar-refractivity contribution in [2.75, 3.05) is 30.7 Å². The number of nitrogens with one attached hydrogen (secondary N) is 3. The molecule has 0 unspecified atom stereocenters. The van der Waals surface area contributed by atoms with Crippen LogP contribution in [-0.2, 0) is 27.0 Å². The summed E-state index contributed by atoms with van der Waals surface area (Å²) >= 11 is 0. The fourth-order valence-electron chi connectivity index (χ4n) is 1.78. The van der Waals surface area contributed by atoms with E-state index >= 15 is 0 Å². The Morgan fingerprint density at radius 1 is 1.15 bits per heavy atom. The molecule has 2 aromatic rings. The zero-order valence-corrected chi connectivity index (χ0v) is 17.5. The van der Waals surface area contributed by atoms with Crippen LogP contribution in [0, 0.1) is 5.41 Å². The third-order valence-corrected chi connectivity index (χ3v) is 2.64. The predicted molar refractivity (Wildman–Crippen MR) is 93.1 cm³/mol. The van der Waals surface area contributed by atoms with Crippen LogP contribution in [0.15, 0.2) is 6.33 Å². The number of nitrogens with zero attached hydrogens (tertiary/aromatic N) is 4. The summed E-state index contributed by atoms with van der Waals surface area (Å²) in [6.07, 6.45) is 1.68. The molecule has 0 bridgehead atoms. The molecule has 2 rings (SSSR count). The Morgan fingerprint density at radius 2 is 1.74 bits per heavy atom. The zero-order valence-electron chi connectivity index (χ0n) is 14.4. The number of amidine groups is 1. The second-order valence-corrected chi connectivity index (χ2v) is 4.33. The minimum atomic E-state index is 0. The largest absolute Gasteiger partial charge is 2.00 e. The predicted octanol–water partition coefficient (Wildman–Crippen LogP) is -9.93. The molecule has 15 N–H and O–H groups in total. The van der Waals surface area contributed by atoms with Crippen LogP contribution in [0.25, 0.3) is 11.2 Å². The van der Waals surface area contributed by atoms with E-state index in [9.17, 15) is 0 Å². The van der Waals surface area contributed by atoms with Gasteiger partial charge in [-0.3, -0.25) is 5.41 Å². The summed E-state index contributed by atoms with van der Waals surface area (Å²) in [6.45, 7) is 4.45. The van der Waals surface area contributed by atoms with Crippen molar-refractivity contribution in [1.29, 1.82) is 5.41 Å². The Labute approximate surface area is 182 Å². The average Bonchev–Trinajstić information content (AvgIpc) is 2.78. The Kier molecular flexibility index (Phi) is 29.4. The quantitative estimate of drug-likeness (QED) is 0.105. The molecule has 2 aromatic heterocycles. The third-order valence-electron chi connectivity index (χ3n) is 2.64. The fourth-order valence-corrected chi connectivity index (χ4v) is 1.78. The summed E-state index contributed by atoms with van der Waals surface area (Å²) in [5, 5.41) is 13.3. The van der Waals surface area contributed by atoms with E-state index in [1.807, 2.05) is 4.57 Å². The van der Waals surface area contributed by atoms with Gasteiger partial charge in [-0.1, -0.05) is 0 Å². The van der Waals surface area contributed by atoms with Crippen LogP contribution >= 0.6 is 0 Å². The molecule has 0 aliphatic carbocycles. The molecule has 0 radical (unpaired) electrons. The molecule has 164 valence electrons. The first-order valence-electron chi connectivity index (χ1n) is 6.33. The maximum Gasteiger partial charge on any atom is 2.00 e. The molecule has 16 heteroatoms. The van der Waals surface area contributed by atoms with Crippen LogP contribution in [0.3, 0.4) is 0 Å². The summed E-state index contributed by atoms with van der Waals surface area (Å²) < 4.78 is 1.89. The summed E-state index contributed by atoms with van der Waals surface area (Å²) in [5.41, 5.74) is 12.5. The van der Waals surface area contributed by atoms with E-state index in [4.69, 9.17) is 16.9 Å². The normalized spacial score (nSPS) is 8.07. The zero-order chi connectivity index (χ0) is 14.5. The SMILES string of the molecule is CC(=N)Nc1nc(N)c2ncn(CCNCCN)c2n1.O.O.O.O.[Cl-].[Cl-].[Pd+2]. The van der Waals surface area contributed by atoms with Crippen molar-refractivity contribution in [3.8, 4) is 0 Å². The summed E-state index contributed by atoms with van der Waals surface area (Å²) in [6, 6.07) is 0. The van der Waals surface area contributed by atoms with Crippen LogP contribution in [0.2, 0.25) is 0 Å². The number of hydrogen-bond acceptors (Lipinski definition) is 7. The van der Waals surface area contributed by atoms with E-state index in [1.54, 1.807) is 13.3 Å². The minimum Gasteiger partial charge on any atom is -1.00 e. The van der Waals surface area contributed by atoms with Crippen molar-refractivity contribution in [3.05, 3.63) is 6.33 Å². The molecule has 0 aliphatic rings. The van der Waals surface area contributed by atoms with Crippen LogP contribution < -0.4 is 46.9 Å². The van der Waals surface area contributed by atoms with Crippen LogP contribution in [-0.4, -0.2) is 66.9 Å². The van der Waals surface area contributed by atoms with Gasteiger partial charge in [0.1, 0.15) is 5.52 Å². The van der Waals surface area contributed by atoms with Gasteiger partial charge in [-0.25, -0.2) is 4.98 Å². The fraction of sp³-hybridized carbons (Fsp3) is 0.455. The average molecular weight is 527 g/mol. The molecule has 0 aliphatic heterocycles. The molecular formula is C11H27Cl2N9O4Pd. The second-order valence-electron chi connectivity index (χ2n) is 4.33. The Hall–Kier alpha value is -1.18. The molecule has 0 saturated carbocycles. The summed E-state index contributed by atoms with van der Waals surface area (Å²) in [7, 11) is 0. The summed E-state index contributed by atoms with van der Waals surface area (Å²) in [5.74, 6) is 0.853. The standard InChI is InChI=1S/C11H19N9.2ClH.4H2O.Pd/c1-7(13)17-11-18-9(14)8-10(19-11)20(6-16-8)5-4-15-3-2-12;;;;;;;/h6,15H,2-5,12H2,1H3,(H4,13,14,17,18,19);2*1H;4*1H2;/q;;;;;;;+2/p-2. The first-order chi connectivity index (χ1) is 9.61. The number of anilines is 2. The van der Waals surface area contributed by atoms with Crippen LogP contribution in [0.5, 0.6) is 0 Å². The molecule has 0 aromatic carbocycles. The second kappa shape index (κ2) is 19.6. The Bertz CT molecular complexity index is 635. The van der Waals surface area contributed by atoms with Gasteiger partial charge in [0.25, 0.3) is 0 Å². The minimum absolute atomic E-state index is 0. The van der Waals surface area contributed by atoms with Crippen molar-refractivity contribution < 1.29 is 67.1 Å². The van der Waals surface area contributed by atoms with E-state index in [0.717, 1.165) is 13.1 Å². The molecule has 13 nitrogen and oxygen atoms in total. The van der Waals surface area contributed by atoms with E-state index in [0.29, 0.717) is 36.0 Å². The van der Waals surface area contributed by atoms with Crippen molar-refractivity contribution in [2.24, 2.45) is 5.73 Å². The summed E-state index contributed by atoms with van der Waals surface area (Å²) in [4.78, 5) is 12.6. The third kappa shape index (κ3) is 11.3. The van der Waals surface area contributed by atoms with Gasteiger partial charge in [0, 0.05) is 26.2 Å². The number of rotatable bonds is 6. The van der Waals surface area contributed by atoms with Crippen molar-refractivity contribution >= 4 is 28.8 Å². The number of nitrogens with two attached hydrogens (primary N) is 2. The number of halogens is 2. The van der Waals surface area contributed by atoms with Gasteiger partial charge in [-0.05, 0) is 6.92 Å². The number of aromatic nitrogens is 4. The number of fused-ring (bicyclic) bond motifs is 1. The van der Waals surface area contributed by atoms with E-state index < -0.39 is 0 Å². The maximum atomic E-state index is 7.41. The Balaban J connectivity index is -0.000000157. The number of hydrogen-bond donors (Lipinski definition) is 5. The topological polar surface area (TPSA) is 270 Å². The molecule has 0 saturated heterocycles. The van der Waals surface area contributed by atoms with E-state index in [2.05, 4.69) is 25.6 Å². The van der Waals surface area contributed by atoms with Gasteiger partial charge in [-0.2, -0.15) is 9.97 Å². The van der Waals surface area contributed by atoms with Crippen molar-refractivity contribution in [2.45, 2.75) is 13.5 Å². The molecular weight excluding hydrogens is 500 g/mol. The van der Waals surface area contributed by atoms with Gasteiger partial charge in [-0.15, -0.1) is 0 Å². The monoisotopic (exact) mass is 525 g/mol. The first-order valence-corrected chi connectivity index (χ1v) is 6.33.